The van der Waals surface area contributed by atoms with Crippen LogP contribution in [0.5, 0.6) is 0 Å². The third-order valence-electron chi connectivity index (χ3n) is 3.79. The van der Waals surface area contributed by atoms with Gasteiger partial charge in [0.2, 0.25) is 5.60 Å². The molecule has 8 heteroatoms. The Hall–Kier alpha value is -1.47. The van der Waals surface area contributed by atoms with Crippen LogP contribution in [-0.4, -0.2) is 34.8 Å². The number of halogens is 4. The summed E-state index contributed by atoms with van der Waals surface area (Å²) in [6.45, 7) is -0.833. The monoisotopic (exact) mass is 320 g/mol. The number of anilines is 1. The Bertz CT molecular complexity index is 604. The van der Waals surface area contributed by atoms with Gasteiger partial charge in [0, 0.05) is 22.3 Å². The summed E-state index contributed by atoms with van der Waals surface area (Å²) in [7, 11) is 0. The van der Waals surface area contributed by atoms with Crippen molar-refractivity contribution >= 4 is 23.3 Å². The van der Waals surface area contributed by atoms with Gasteiger partial charge in [0.15, 0.2) is 0 Å². The predicted molar refractivity (Wildman–Crippen MR) is 70.2 cm³/mol. The van der Waals surface area contributed by atoms with Crippen molar-refractivity contribution in [2.24, 2.45) is 0 Å². The molecule has 2 aliphatic rings. The first kappa shape index (κ1) is 14.5. The Morgan fingerprint density at radius 1 is 1.38 bits per heavy atom. The Kier molecular flexibility index (Phi) is 3.11. The average Bonchev–Trinajstić information content (AvgIpc) is 3.19. The summed E-state index contributed by atoms with van der Waals surface area (Å²) in [5, 5.41) is 12.8. The van der Waals surface area contributed by atoms with Gasteiger partial charge in [0.25, 0.3) is 0 Å². The third kappa shape index (κ3) is 2.34. The van der Waals surface area contributed by atoms with E-state index < -0.39 is 29.9 Å². The number of nitrogens with one attached hydrogen (secondary N) is 1. The van der Waals surface area contributed by atoms with Crippen LogP contribution >= 0.6 is 11.6 Å². The van der Waals surface area contributed by atoms with Crippen molar-refractivity contribution in [1.29, 1.82) is 0 Å². The van der Waals surface area contributed by atoms with E-state index in [0.29, 0.717) is 12.8 Å². The third-order valence-corrected chi connectivity index (χ3v) is 4.02. The second-order valence-corrected chi connectivity index (χ2v) is 5.77. The molecule has 1 atom stereocenters. The molecular weight excluding hydrogens is 309 g/mol. The van der Waals surface area contributed by atoms with Gasteiger partial charge in [0.1, 0.15) is 0 Å². The highest BCUT2D eigenvalue weighted by Gasteiger charge is 2.59. The molecule has 1 aliphatic carbocycles. The molecule has 1 aliphatic heterocycles. The van der Waals surface area contributed by atoms with Crippen molar-refractivity contribution in [3.63, 3.8) is 0 Å². The molecule has 3 rings (SSSR count). The van der Waals surface area contributed by atoms with Crippen LogP contribution in [-0.2, 0) is 5.60 Å². The summed E-state index contributed by atoms with van der Waals surface area (Å²) in [6, 6.07) is 2.78. The fourth-order valence-corrected chi connectivity index (χ4v) is 2.65. The molecular formula is C13H12ClF3N2O2. The van der Waals surface area contributed by atoms with Crippen LogP contribution in [0.25, 0.3) is 0 Å². The lowest BCUT2D eigenvalue weighted by atomic mass is 9.91. The van der Waals surface area contributed by atoms with E-state index in [4.69, 9.17) is 11.6 Å². The van der Waals surface area contributed by atoms with Crippen LogP contribution in [0.2, 0.25) is 5.02 Å². The highest BCUT2D eigenvalue weighted by molar-refractivity contribution is 6.30. The lowest BCUT2D eigenvalue weighted by Gasteiger charge is -2.33. The van der Waals surface area contributed by atoms with Gasteiger partial charge >= 0.3 is 12.2 Å². The smallest absolute Gasteiger partial charge is 0.375 e. The lowest BCUT2D eigenvalue weighted by molar-refractivity contribution is -0.269. The molecule has 0 saturated heterocycles. The maximum atomic E-state index is 13.4. The number of aliphatic hydroxyl groups is 1. The Morgan fingerprint density at radius 2 is 2.05 bits per heavy atom. The number of carbonyl (C=O) groups is 1. The predicted octanol–water partition coefficient (Wildman–Crippen LogP) is 3.10. The summed E-state index contributed by atoms with van der Waals surface area (Å²) in [5.74, 6) is 0. The van der Waals surface area contributed by atoms with Gasteiger partial charge in [-0.05, 0) is 31.0 Å². The van der Waals surface area contributed by atoms with E-state index in [9.17, 15) is 23.1 Å². The number of nitrogens with zero attached hydrogens (tertiary/aromatic N) is 1. The fourth-order valence-electron chi connectivity index (χ4n) is 2.48. The zero-order valence-electron chi connectivity index (χ0n) is 10.7. The zero-order chi connectivity index (χ0) is 15.4. The maximum absolute atomic E-state index is 13.4. The van der Waals surface area contributed by atoms with E-state index in [-0.39, 0.29) is 16.8 Å². The summed E-state index contributed by atoms with van der Waals surface area (Å²) >= 11 is 5.75. The van der Waals surface area contributed by atoms with Crippen LogP contribution in [0, 0.1) is 0 Å². The number of urea groups is 1. The first-order chi connectivity index (χ1) is 9.72. The van der Waals surface area contributed by atoms with Crippen molar-refractivity contribution in [2.45, 2.75) is 30.7 Å². The Morgan fingerprint density at radius 3 is 2.62 bits per heavy atom. The molecule has 21 heavy (non-hydrogen) atoms. The van der Waals surface area contributed by atoms with Crippen molar-refractivity contribution < 1.29 is 23.1 Å². The molecule has 1 unspecified atom stereocenters. The van der Waals surface area contributed by atoms with Gasteiger partial charge in [-0.2, -0.15) is 13.2 Å². The number of fused-ring (bicyclic) bond motifs is 1. The van der Waals surface area contributed by atoms with Crippen molar-refractivity contribution in [2.75, 3.05) is 11.9 Å². The van der Waals surface area contributed by atoms with Gasteiger partial charge in [-0.3, -0.25) is 0 Å². The van der Waals surface area contributed by atoms with Crippen molar-refractivity contribution in [1.82, 2.24) is 4.90 Å². The molecule has 1 fully saturated rings. The number of rotatable bonds is 1. The second kappa shape index (κ2) is 4.51. The van der Waals surface area contributed by atoms with E-state index in [1.807, 2.05) is 0 Å². The van der Waals surface area contributed by atoms with Crippen LogP contribution < -0.4 is 5.32 Å². The maximum Gasteiger partial charge on any atom is 0.423 e. The van der Waals surface area contributed by atoms with Gasteiger partial charge in [-0.25, -0.2) is 4.79 Å². The number of amides is 2. The van der Waals surface area contributed by atoms with E-state index >= 15 is 0 Å². The standard InChI is InChI=1S/C13H12ClF3N2O2/c14-7-1-4-10-9(5-7)12(21,13(15,16)17)6-19(8-2-3-8)11(20)18-10/h1,4-5,8,21H,2-3,6H2,(H,18,20). The summed E-state index contributed by atoms with van der Waals surface area (Å²) < 4.78 is 40.3. The molecule has 114 valence electrons. The summed E-state index contributed by atoms with van der Waals surface area (Å²) in [4.78, 5) is 13.1. The minimum Gasteiger partial charge on any atom is -0.375 e. The molecule has 1 aromatic carbocycles. The molecule has 0 bridgehead atoms. The van der Waals surface area contributed by atoms with Crippen molar-refractivity contribution in [3.05, 3.63) is 28.8 Å². The van der Waals surface area contributed by atoms with Crippen LogP contribution in [0.1, 0.15) is 18.4 Å². The van der Waals surface area contributed by atoms with Crippen LogP contribution in [0.15, 0.2) is 18.2 Å². The minimum absolute atomic E-state index is 0.0607. The number of β-amino-alcohol motifs (C(OH)–C–C–N with tert-alkyl or cyclic N) is 1. The molecule has 2 N–H and O–H groups in total. The number of hydrogen-bond donors (Lipinski definition) is 2. The SMILES string of the molecule is O=C1Nc2ccc(Cl)cc2C(O)(C(F)(F)F)CN1C1CC1. The van der Waals surface area contributed by atoms with Crippen LogP contribution in [0.3, 0.4) is 0 Å². The largest absolute Gasteiger partial charge is 0.423 e. The van der Waals surface area contributed by atoms with Gasteiger partial charge in [-0.15, -0.1) is 0 Å². The molecule has 1 heterocycles. The average molecular weight is 321 g/mol. The van der Waals surface area contributed by atoms with E-state index in [1.165, 1.54) is 12.1 Å². The topological polar surface area (TPSA) is 52.6 Å². The van der Waals surface area contributed by atoms with Gasteiger partial charge in [-0.1, -0.05) is 11.6 Å². The number of benzene rings is 1. The molecule has 4 nitrogen and oxygen atoms in total. The number of hydrogen-bond acceptors (Lipinski definition) is 2. The molecule has 1 saturated carbocycles. The fraction of sp³-hybridized carbons (Fsp3) is 0.462. The van der Waals surface area contributed by atoms with Gasteiger partial charge in [0.05, 0.1) is 6.54 Å². The van der Waals surface area contributed by atoms with Crippen LogP contribution in [0.4, 0.5) is 23.7 Å². The van der Waals surface area contributed by atoms with Crippen molar-refractivity contribution in [3.8, 4) is 0 Å². The lowest BCUT2D eigenvalue weighted by Crippen LogP contribution is -2.51. The normalized spacial score (nSPS) is 26.1. The molecule has 0 radical (unpaired) electrons. The second-order valence-electron chi connectivity index (χ2n) is 5.34. The minimum atomic E-state index is -4.92. The first-order valence-corrected chi connectivity index (χ1v) is 6.77. The molecule has 1 aromatic rings. The number of carbonyl (C=O) groups excluding carboxylic acids is 1. The summed E-state index contributed by atoms with van der Waals surface area (Å²) in [6.07, 6.45) is -3.65. The highest BCUT2D eigenvalue weighted by atomic mass is 35.5. The van der Waals surface area contributed by atoms with E-state index in [1.54, 1.807) is 0 Å². The molecule has 0 aromatic heterocycles. The van der Waals surface area contributed by atoms with E-state index in [0.717, 1.165) is 11.0 Å². The molecule has 2 amide bonds. The van der Waals surface area contributed by atoms with Gasteiger partial charge < -0.3 is 15.3 Å². The molecule has 0 spiro atoms. The zero-order valence-corrected chi connectivity index (χ0v) is 11.5. The van der Waals surface area contributed by atoms with E-state index in [2.05, 4.69) is 5.32 Å². The Labute approximate surface area is 123 Å². The Balaban J connectivity index is 2.15. The summed E-state index contributed by atoms with van der Waals surface area (Å²) in [5.41, 5.74) is -3.65. The number of alkyl halides is 3. The first-order valence-electron chi connectivity index (χ1n) is 6.39. The quantitative estimate of drug-likeness (QED) is 0.835. The highest BCUT2D eigenvalue weighted by Crippen LogP contribution is 2.46.